The van der Waals surface area contributed by atoms with Crippen LogP contribution in [-0.4, -0.2) is 37.1 Å². The van der Waals surface area contributed by atoms with Gasteiger partial charge in [0.25, 0.3) is 0 Å². The number of rotatable bonds is 5. The van der Waals surface area contributed by atoms with E-state index in [0.717, 1.165) is 13.1 Å². The fourth-order valence-corrected chi connectivity index (χ4v) is 2.02. The first-order valence-electron chi connectivity index (χ1n) is 4.78. The van der Waals surface area contributed by atoms with Crippen LogP contribution in [0.25, 0.3) is 0 Å². The van der Waals surface area contributed by atoms with Gasteiger partial charge in [0, 0.05) is 30.7 Å². The highest BCUT2D eigenvalue weighted by Gasteiger charge is 2.34. The number of alkyl halides is 3. The molecule has 0 aliphatic heterocycles. The fraction of sp³-hybridized carbons (Fsp3) is 0.667. The van der Waals surface area contributed by atoms with Crippen LogP contribution >= 0.6 is 11.3 Å². The first kappa shape index (κ1) is 13.4. The van der Waals surface area contributed by atoms with E-state index in [0.29, 0.717) is 22.8 Å². The SMILES string of the molecule is CNCCN(C)Cc1cnc(C(F)(F)F)s1. The molecule has 0 spiro atoms. The molecule has 0 aliphatic carbocycles. The zero-order valence-electron chi connectivity index (χ0n) is 9.14. The summed E-state index contributed by atoms with van der Waals surface area (Å²) < 4.78 is 36.8. The predicted octanol–water partition coefficient (Wildman–Crippen LogP) is 1.81. The van der Waals surface area contributed by atoms with Crippen molar-refractivity contribution in [2.75, 3.05) is 27.2 Å². The van der Waals surface area contributed by atoms with E-state index in [1.165, 1.54) is 6.20 Å². The van der Waals surface area contributed by atoms with E-state index in [4.69, 9.17) is 0 Å². The van der Waals surface area contributed by atoms with Gasteiger partial charge < -0.3 is 5.32 Å². The third kappa shape index (κ3) is 4.07. The Labute approximate surface area is 96.3 Å². The van der Waals surface area contributed by atoms with Crippen molar-refractivity contribution in [1.82, 2.24) is 15.2 Å². The van der Waals surface area contributed by atoms with Gasteiger partial charge >= 0.3 is 6.18 Å². The molecule has 1 heterocycles. The van der Waals surface area contributed by atoms with Crippen LogP contribution in [-0.2, 0) is 12.7 Å². The van der Waals surface area contributed by atoms with E-state index in [1.807, 2.05) is 19.0 Å². The minimum atomic E-state index is -4.33. The maximum Gasteiger partial charge on any atom is 0.443 e. The summed E-state index contributed by atoms with van der Waals surface area (Å²) in [6, 6.07) is 0. The largest absolute Gasteiger partial charge is 0.443 e. The Morgan fingerprint density at radius 3 is 2.69 bits per heavy atom. The number of nitrogens with one attached hydrogen (secondary N) is 1. The van der Waals surface area contributed by atoms with E-state index in [9.17, 15) is 13.2 Å². The molecule has 92 valence electrons. The first-order chi connectivity index (χ1) is 7.43. The molecule has 0 aromatic carbocycles. The van der Waals surface area contributed by atoms with Crippen LogP contribution in [0, 0.1) is 0 Å². The second-order valence-electron chi connectivity index (χ2n) is 3.47. The third-order valence-electron chi connectivity index (χ3n) is 1.97. The maximum atomic E-state index is 12.3. The lowest BCUT2D eigenvalue weighted by Crippen LogP contribution is -2.26. The van der Waals surface area contributed by atoms with Crippen molar-refractivity contribution in [1.29, 1.82) is 0 Å². The lowest BCUT2D eigenvalue weighted by molar-refractivity contribution is -0.137. The summed E-state index contributed by atoms with van der Waals surface area (Å²) >= 11 is 0.703. The summed E-state index contributed by atoms with van der Waals surface area (Å²) in [5.74, 6) is 0. The van der Waals surface area contributed by atoms with Gasteiger partial charge in [0.15, 0.2) is 5.01 Å². The van der Waals surface area contributed by atoms with E-state index >= 15 is 0 Å². The van der Waals surface area contributed by atoms with E-state index in [2.05, 4.69) is 10.3 Å². The van der Waals surface area contributed by atoms with Crippen LogP contribution in [0.2, 0.25) is 0 Å². The molecule has 0 aliphatic rings. The van der Waals surface area contributed by atoms with Gasteiger partial charge in [-0.2, -0.15) is 13.2 Å². The number of thiazole rings is 1. The van der Waals surface area contributed by atoms with Crippen LogP contribution < -0.4 is 5.32 Å². The van der Waals surface area contributed by atoms with E-state index in [-0.39, 0.29) is 0 Å². The Morgan fingerprint density at radius 2 is 2.19 bits per heavy atom. The lowest BCUT2D eigenvalue weighted by Gasteiger charge is -2.14. The molecule has 0 atom stereocenters. The average molecular weight is 253 g/mol. The van der Waals surface area contributed by atoms with Gasteiger partial charge in [0.05, 0.1) is 0 Å². The fourth-order valence-electron chi connectivity index (χ4n) is 1.16. The van der Waals surface area contributed by atoms with Crippen molar-refractivity contribution in [2.24, 2.45) is 0 Å². The standard InChI is InChI=1S/C9H14F3N3S/c1-13-3-4-15(2)6-7-5-14-8(16-7)9(10,11)12/h5,13H,3-4,6H2,1-2H3. The van der Waals surface area contributed by atoms with Crippen LogP contribution in [0.1, 0.15) is 9.88 Å². The minimum absolute atomic E-state index is 0.495. The van der Waals surface area contributed by atoms with Gasteiger partial charge in [-0.05, 0) is 14.1 Å². The highest BCUT2D eigenvalue weighted by molar-refractivity contribution is 7.11. The summed E-state index contributed by atoms with van der Waals surface area (Å²) in [7, 11) is 3.70. The maximum absolute atomic E-state index is 12.3. The van der Waals surface area contributed by atoms with Gasteiger partial charge in [0.1, 0.15) is 0 Å². The molecule has 0 unspecified atom stereocenters. The number of hydrogen-bond donors (Lipinski definition) is 1. The summed E-state index contributed by atoms with van der Waals surface area (Å²) in [5.41, 5.74) is 0. The molecule has 3 nitrogen and oxygen atoms in total. The van der Waals surface area contributed by atoms with Crippen LogP contribution in [0.4, 0.5) is 13.2 Å². The lowest BCUT2D eigenvalue weighted by atomic mass is 10.4. The number of nitrogens with zero attached hydrogens (tertiary/aromatic N) is 2. The summed E-state index contributed by atoms with van der Waals surface area (Å²) in [6.07, 6.45) is -3.03. The average Bonchev–Trinajstić information content (AvgIpc) is 2.62. The van der Waals surface area contributed by atoms with Crippen molar-refractivity contribution in [3.8, 4) is 0 Å². The van der Waals surface area contributed by atoms with Crippen LogP contribution in [0.5, 0.6) is 0 Å². The zero-order valence-corrected chi connectivity index (χ0v) is 9.95. The number of halogens is 3. The Hall–Kier alpha value is -0.660. The zero-order chi connectivity index (χ0) is 12.2. The van der Waals surface area contributed by atoms with Crippen molar-refractivity contribution in [3.63, 3.8) is 0 Å². The number of aromatic nitrogens is 1. The highest BCUT2D eigenvalue weighted by Crippen LogP contribution is 2.32. The normalized spacial score (nSPS) is 12.4. The second-order valence-corrected chi connectivity index (χ2v) is 4.59. The Kier molecular flexibility index (Phi) is 4.69. The Balaban J connectivity index is 2.52. The Bertz CT molecular complexity index is 324. The highest BCUT2D eigenvalue weighted by atomic mass is 32.1. The molecule has 1 rings (SSSR count). The quantitative estimate of drug-likeness (QED) is 0.867. The first-order valence-corrected chi connectivity index (χ1v) is 5.60. The molecule has 1 aromatic heterocycles. The molecule has 1 aromatic rings. The molecule has 0 amide bonds. The van der Waals surface area contributed by atoms with Gasteiger partial charge in [-0.1, -0.05) is 0 Å². The minimum Gasteiger partial charge on any atom is -0.318 e. The Morgan fingerprint density at radius 1 is 1.50 bits per heavy atom. The number of hydrogen-bond acceptors (Lipinski definition) is 4. The molecule has 0 bridgehead atoms. The molecular formula is C9H14F3N3S. The number of likely N-dealkylation sites (N-methyl/N-ethyl adjacent to an activating group) is 2. The van der Waals surface area contributed by atoms with Crippen molar-refractivity contribution >= 4 is 11.3 Å². The van der Waals surface area contributed by atoms with Gasteiger partial charge in [-0.3, -0.25) is 4.90 Å². The summed E-state index contributed by atoms with van der Waals surface area (Å²) in [6.45, 7) is 2.09. The summed E-state index contributed by atoms with van der Waals surface area (Å²) in [4.78, 5) is 5.95. The van der Waals surface area contributed by atoms with Crippen molar-refractivity contribution in [3.05, 3.63) is 16.1 Å². The van der Waals surface area contributed by atoms with Crippen LogP contribution in [0.15, 0.2) is 6.20 Å². The molecule has 0 saturated heterocycles. The van der Waals surface area contributed by atoms with E-state index in [1.54, 1.807) is 0 Å². The second kappa shape index (κ2) is 5.60. The van der Waals surface area contributed by atoms with Crippen molar-refractivity contribution in [2.45, 2.75) is 12.7 Å². The van der Waals surface area contributed by atoms with Crippen LogP contribution in [0.3, 0.4) is 0 Å². The molecule has 0 fully saturated rings. The molecule has 0 saturated carbocycles. The van der Waals surface area contributed by atoms with E-state index < -0.39 is 11.2 Å². The molecule has 16 heavy (non-hydrogen) atoms. The van der Waals surface area contributed by atoms with Gasteiger partial charge in [0.2, 0.25) is 0 Å². The summed E-state index contributed by atoms with van der Waals surface area (Å²) in [5, 5.41) is 2.21. The van der Waals surface area contributed by atoms with Gasteiger partial charge in [-0.15, -0.1) is 11.3 Å². The topological polar surface area (TPSA) is 28.2 Å². The molecular weight excluding hydrogens is 239 g/mol. The van der Waals surface area contributed by atoms with Gasteiger partial charge in [-0.25, -0.2) is 4.98 Å². The monoisotopic (exact) mass is 253 g/mol. The van der Waals surface area contributed by atoms with Crippen molar-refractivity contribution < 1.29 is 13.2 Å². The molecule has 1 N–H and O–H groups in total. The molecule has 0 radical (unpaired) electrons. The predicted molar refractivity (Wildman–Crippen MR) is 57.4 cm³/mol. The molecule has 7 heteroatoms. The third-order valence-corrected chi connectivity index (χ3v) is 2.99. The smallest absolute Gasteiger partial charge is 0.318 e.